The van der Waals surface area contributed by atoms with Gasteiger partial charge in [-0.25, -0.2) is 0 Å². The third-order valence-corrected chi connectivity index (χ3v) is 5.28. The Balaban J connectivity index is 1.54. The second kappa shape index (κ2) is 8.88. The van der Waals surface area contributed by atoms with Crippen molar-refractivity contribution < 1.29 is 9.53 Å². The van der Waals surface area contributed by atoms with Crippen molar-refractivity contribution in [2.75, 3.05) is 20.2 Å². The average Bonchev–Trinajstić information content (AvgIpc) is 3.08. The van der Waals surface area contributed by atoms with Crippen LogP contribution in [0.15, 0.2) is 79.0 Å². The number of rotatable bonds is 7. The van der Waals surface area contributed by atoms with Gasteiger partial charge in [-0.2, -0.15) is 0 Å². The highest BCUT2D eigenvalue weighted by molar-refractivity contribution is 5.81. The Morgan fingerprint density at radius 1 is 0.966 bits per heavy atom. The zero-order valence-electron chi connectivity index (χ0n) is 16.6. The first-order chi connectivity index (χ1) is 14.2. The smallest absolute Gasteiger partial charge is 0.238 e. The predicted molar refractivity (Wildman–Crippen MR) is 112 cm³/mol. The fourth-order valence-corrected chi connectivity index (χ4v) is 3.81. The number of carbonyl (C=O) groups is 1. The van der Waals surface area contributed by atoms with Crippen LogP contribution in [-0.2, 0) is 17.8 Å². The highest BCUT2D eigenvalue weighted by Crippen LogP contribution is 2.31. The van der Waals surface area contributed by atoms with Crippen molar-refractivity contribution in [2.45, 2.75) is 19.1 Å². The molecule has 2 heterocycles. The van der Waals surface area contributed by atoms with Crippen molar-refractivity contribution in [1.29, 1.82) is 0 Å². The Morgan fingerprint density at radius 2 is 1.72 bits per heavy atom. The number of aromatic nitrogens is 1. The maximum atomic E-state index is 12.9. The lowest BCUT2D eigenvalue weighted by Gasteiger charge is -2.29. The molecule has 1 atom stereocenters. The van der Waals surface area contributed by atoms with Gasteiger partial charge in [0.25, 0.3) is 0 Å². The van der Waals surface area contributed by atoms with Crippen molar-refractivity contribution in [3.63, 3.8) is 0 Å². The molecule has 3 aromatic rings. The number of hydrogen-bond donors (Lipinski definition) is 0. The van der Waals surface area contributed by atoms with Gasteiger partial charge in [0.15, 0.2) is 0 Å². The minimum absolute atomic E-state index is 0.144. The normalized spacial score (nSPS) is 16.9. The molecule has 1 aliphatic rings. The van der Waals surface area contributed by atoms with Crippen LogP contribution in [0.25, 0.3) is 0 Å². The van der Waals surface area contributed by atoms with Crippen LogP contribution in [-0.4, -0.2) is 40.9 Å². The van der Waals surface area contributed by atoms with Crippen LogP contribution in [0.1, 0.15) is 23.0 Å². The number of carbonyl (C=O) groups excluding carboxylic acids is 1. The van der Waals surface area contributed by atoms with Gasteiger partial charge in [0.05, 0.1) is 19.3 Å². The number of ether oxygens (including phenoxy) is 1. The SMILES string of the molecule is COc1ccc(CCN2C(=O)CN(Cc3ccccc3)C2c2ccccn2)cc1. The summed E-state index contributed by atoms with van der Waals surface area (Å²) in [6, 6.07) is 24.2. The molecule has 1 saturated heterocycles. The van der Waals surface area contributed by atoms with Gasteiger partial charge < -0.3 is 9.64 Å². The Bertz CT molecular complexity index is 929. The topological polar surface area (TPSA) is 45.7 Å². The number of pyridine rings is 1. The van der Waals surface area contributed by atoms with E-state index < -0.39 is 0 Å². The quantitative estimate of drug-likeness (QED) is 0.620. The van der Waals surface area contributed by atoms with E-state index in [2.05, 4.69) is 34.1 Å². The fraction of sp³-hybridized carbons (Fsp3) is 0.250. The van der Waals surface area contributed by atoms with Gasteiger partial charge in [-0.05, 0) is 41.8 Å². The van der Waals surface area contributed by atoms with Crippen molar-refractivity contribution >= 4 is 5.91 Å². The molecule has 0 spiro atoms. The molecule has 0 bridgehead atoms. The van der Waals surface area contributed by atoms with Crippen LogP contribution in [0.3, 0.4) is 0 Å². The number of benzene rings is 2. The van der Waals surface area contributed by atoms with Crippen molar-refractivity contribution in [3.05, 3.63) is 95.8 Å². The number of nitrogens with zero attached hydrogens (tertiary/aromatic N) is 3. The second-order valence-electron chi connectivity index (χ2n) is 7.20. The van der Waals surface area contributed by atoms with Crippen LogP contribution in [0.4, 0.5) is 0 Å². The lowest BCUT2D eigenvalue weighted by molar-refractivity contribution is -0.128. The third-order valence-electron chi connectivity index (χ3n) is 5.28. The molecule has 5 heteroatoms. The minimum atomic E-state index is -0.151. The van der Waals surface area contributed by atoms with Crippen molar-refractivity contribution in [2.24, 2.45) is 0 Å². The van der Waals surface area contributed by atoms with Crippen molar-refractivity contribution in [3.8, 4) is 5.75 Å². The van der Waals surface area contributed by atoms with E-state index in [4.69, 9.17) is 4.74 Å². The number of amides is 1. The molecule has 0 aliphatic carbocycles. The zero-order chi connectivity index (χ0) is 20.1. The third kappa shape index (κ3) is 4.46. The lowest BCUT2D eigenvalue weighted by Crippen LogP contribution is -2.34. The van der Waals surface area contributed by atoms with E-state index in [1.54, 1.807) is 13.3 Å². The Morgan fingerprint density at radius 3 is 2.41 bits per heavy atom. The highest BCUT2D eigenvalue weighted by Gasteiger charge is 2.39. The van der Waals surface area contributed by atoms with E-state index in [0.717, 1.165) is 17.9 Å². The van der Waals surface area contributed by atoms with E-state index in [1.807, 2.05) is 53.4 Å². The number of hydrogen-bond acceptors (Lipinski definition) is 4. The fourth-order valence-electron chi connectivity index (χ4n) is 3.81. The van der Waals surface area contributed by atoms with Gasteiger partial charge in [-0.3, -0.25) is 14.7 Å². The maximum Gasteiger partial charge on any atom is 0.238 e. The first-order valence-corrected chi connectivity index (χ1v) is 9.86. The molecule has 29 heavy (non-hydrogen) atoms. The van der Waals surface area contributed by atoms with Gasteiger partial charge in [0.1, 0.15) is 11.9 Å². The average molecular weight is 387 g/mol. The molecule has 2 aromatic carbocycles. The summed E-state index contributed by atoms with van der Waals surface area (Å²) in [7, 11) is 1.66. The van der Waals surface area contributed by atoms with Gasteiger partial charge in [0.2, 0.25) is 5.91 Å². The van der Waals surface area contributed by atoms with E-state index in [0.29, 0.717) is 19.6 Å². The Kier molecular flexibility index (Phi) is 5.86. The summed E-state index contributed by atoms with van der Waals surface area (Å²) in [6.45, 7) is 1.77. The minimum Gasteiger partial charge on any atom is -0.497 e. The zero-order valence-corrected chi connectivity index (χ0v) is 16.6. The standard InChI is InChI=1S/C24H25N3O2/c1-29-21-12-10-19(11-13-21)14-16-27-23(28)18-26(17-20-7-3-2-4-8-20)24(27)22-9-5-6-15-25-22/h2-13,15,24H,14,16-18H2,1H3. The monoisotopic (exact) mass is 387 g/mol. The number of methoxy groups -OCH3 is 1. The largest absolute Gasteiger partial charge is 0.497 e. The van der Waals surface area contributed by atoms with Crippen LogP contribution in [0.2, 0.25) is 0 Å². The summed E-state index contributed by atoms with van der Waals surface area (Å²) in [5.41, 5.74) is 3.28. The molecular formula is C24H25N3O2. The molecule has 148 valence electrons. The molecule has 4 rings (SSSR count). The van der Waals surface area contributed by atoms with E-state index in [1.165, 1.54) is 11.1 Å². The molecule has 5 nitrogen and oxygen atoms in total. The summed E-state index contributed by atoms with van der Waals surface area (Å²) < 4.78 is 5.23. The molecule has 1 amide bonds. The van der Waals surface area contributed by atoms with E-state index in [-0.39, 0.29) is 12.1 Å². The summed E-state index contributed by atoms with van der Waals surface area (Å²) >= 11 is 0. The first-order valence-electron chi connectivity index (χ1n) is 9.86. The summed E-state index contributed by atoms with van der Waals surface area (Å²) in [5, 5.41) is 0. The lowest BCUT2D eigenvalue weighted by atomic mass is 10.1. The molecule has 0 saturated carbocycles. The van der Waals surface area contributed by atoms with Crippen LogP contribution >= 0.6 is 0 Å². The van der Waals surface area contributed by atoms with Crippen LogP contribution in [0.5, 0.6) is 5.75 Å². The molecule has 1 aliphatic heterocycles. The van der Waals surface area contributed by atoms with E-state index in [9.17, 15) is 4.79 Å². The molecule has 1 aromatic heterocycles. The Labute approximate surface area is 171 Å². The molecular weight excluding hydrogens is 362 g/mol. The van der Waals surface area contributed by atoms with Gasteiger partial charge in [-0.15, -0.1) is 0 Å². The summed E-state index contributed by atoms with van der Waals surface area (Å²) in [5.74, 6) is 0.983. The van der Waals surface area contributed by atoms with Crippen LogP contribution in [0, 0.1) is 0 Å². The predicted octanol–water partition coefficient (Wildman–Crippen LogP) is 3.68. The van der Waals surface area contributed by atoms with E-state index >= 15 is 0 Å². The highest BCUT2D eigenvalue weighted by atomic mass is 16.5. The maximum absolute atomic E-state index is 12.9. The Hall–Kier alpha value is -3.18. The summed E-state index contributed by atoms with van der Waals surface area (Å²) in [4.78, 5) is 21.6. The summed E-state index contributed by atoms with van der Waals surface area (Å²) in [6.07, 6.45) is 2.43. The molecule has 0 N–H and O–H groups in total. The second-order valence-corrected chi connectivity index (χ2v) is 7.20. The van der Waals surface area contributed by atoms with Gasteiger partial charge in [-0.1, -0.05) is 48.5 Å². The van der Waals surface area contributed by atoms with Crippen molar-refractivity contribution in [1.82, 2.24) is 14.8 Å². The first kappa shape index (κ1) is 19.2. The molecule has 1 fully saturated rings. The molecule has 1 unspecified atom stereocenters. The van der Waals surface area contributed by atoms with Gasteiger partial charge >= 0.3 is 0 Å². The van der Waals surface area contributed by atoms with Crippen LogP contribution < -0.4 is 4.74 Å². The van der Waals surface area contributed by atoms with Gasteiger partial charge in [0, 0.05) is 19.3 Å². The molecule has 0 radical (unpaired) electrons.